The molecule has 1 fully saturated rings. The summed E-state index contributed by atoms with van der Waals surface area (Å²) < 4.78 is 1.14. The lowest BCUT2D eigenvalue weighted by Crippen LogP contribution is -2.49. The molecule has 0 bridgehead atoms. The third-order valence-electron chi connectivity index (χ3n) is 5.08. The molecule has 1 aliphatic heterocycles. The van der Waals surface area contributed by atoms with Gasteiger partial charge in [0.25, 0.3) is 0 Å². The molecule has 0 radical (unpaired) electrons. The van der Waals surface area contributed by atoms with E-state index in [9.17, 15) is 0 Å². The Morgan fingerprint density at radius 1 is 1.21 bits per heavy atom. The average Bonchev–Trinajstić information content (AvgIpc) is 2.71. The van der Waals surface area contributed by atoms with E-state index in [1.807, 2.05) is 20.0 Å². The minimum absolute atomic E-state index is 0.456. The van der Waals surface area contributed by atoms with E-state index in [1.54, 1.807) is 0 Å². The van der Waals surface area contributed by atoms with E-state index in [-0.39, 0.29) is 0 Å². The Labute approximate surface area is 176 Å². The number of halogens is 1. The first-order valence-corrected chi connectivity index (χ1v) is 10.8. The van der Waals surface area contributed by atoms with E-state index in [2.05, 4.69) is 77.8 Å². The lowest BCUT2D eigenvalue weighted by atomic mass is 10.1. The van der Waals surface area contributed by atoms with Crippen LogP contribution in [0.1, 0.15) is 30.5 Å². The first-order valence-electron chi connectivity index (χ1n) is 10.0. The Morgan fingerprint density at radius 2 is 2.00 bits per heavy atom. The van der Waals surface area contributed by atoms with E-state index < -0.39 is 0 Å². The van der Waals surface area contributed by atoms with Crippen molar-refractivity contribution in [3.8, 4) is 0 Å². The van der Waals surface area contributed by atoms with Crippen LogP contribution in [0.25, 0.3) is 0 Å². The first-order chi connectivity index (χ1) is 13.6. The van der Waals surface area contributed by atoms with Crippen LogP contribution in [-0.2, 0) is 6.42 Å². The van der Waals surface area contributed by atoms with Gasteiger partial charge in [0, 0.05) is 42.9 Å². The summed E-state index contributed by atoms with van der Waals surface area (Å²) in [7, 11) is 1.84. The number of anilines is 1. The number of aromatic nitrogens is 1. The molecule has 3 rings (SSSR count). The summed E-state index contributed by atoms with van der Waals surface area (Å²) in [5, 5.41) is 7.03. The van der Waals surface area contributed by atoms with Gasteiger partial charge in [-0.15, -0.1) is 0 Å². The highest BCUT2D eigenvalue weighted by Gasteiger charge is 2.20. The van der Waals surface area contributed by atoms with Crippen molar-refractivity contribution >= 4 is 27.7 Å². The molecule has 0 atom stereocenters. The van der Waals surface area contributed by atoms with Gasteiger partial charge in [0.2, 0.25) is 0 Å². The number of benzene rings is 1. The third kappa shape index (κ3) is 6.23. The number of piperidine rings is 1. The SMILES string of the molecule is CN=C(NCCCc1cccc(Br)c1)NC1CCN(c2cccc(C)n2)CC1. The first kappa shape index (κ1) is 20.6. The zero-order chi connectivity index (χ0) is 19.8. The van der Waals surface area contributed by atoms with E-state index in [1.165, 1.54) is 5.56 Å². The smallest absolute Gasteiger partial charge is 0.191 e. The molecule has 0 unspecified atom stereocenters. The highest BCUT2D eigenvalue weighted by molar-refractivity contribution is 9.10. The van der Waals surface area contributed by atoms with E-state index in [4.69, 9.17) is 0 Å². The second kappa shape index (κ2) is 10.5. The fourth-order valence-corrected chi connectivity index (χ4v) is 3.98. The van der Waals surface area contributed by atoms with Crippen molar-refractivity contribution in [2.24, 2.45) is 4.99 Å². The van der Waals surface area contributed by atoms with Gasteiger partial charge in [0.15, 0.2) is 5.96 Å². The molecule has 150 valence electrons. The molecule has 2 heterocycles. The number of hydrogen-bond donors (Lipinski definition) is 2. The van der Waals surface area contributed by atoms with Gasteiger partial charge in [-0.2, -0.15) is 0 Å². The number of pyridine rings is 1. The van der Waals surface area contributed by atoms with Crippen molar-refractivity contribution in [1.29, 1.82) is 0 Å². The number of aryl methyl sites for hydroxylation is 2. The molecule has 1 aromatic carbocycles. The van der Waals surface area contributed by atoms with Gasteiger partial charge in [0.1, 0.15) is 5.82 Å². The fourth-order valence-electron chi connectivity index (χ4n) is 3.54. The molecule has 28 heavy (non-hydrogen) atoms. The van der Waals surface area contributed by atoms with Crippen LogP contribution in [0.2, 0.25) is 0 Å². The van der Waals surface area contributed by atoms with Gasteiger partial charge in [0.05, 0.1) is 0 Å². The summed E-state index contributed by atoms with van der Waals surface area (Å²) >= 11 is 3.53. The molecule has 1 aliphatic rings. The van der Waals surface area contributed by atoms with Crippen LogP contribution in [0.3, 0.4) is 0 Å². The highest BCUT2D eigenvalue weighted by atomic mass is 79.9. The Balaban J connectivity index is 1.38. The van der Waals surface area contributed by atoms with Gasteiger partial charge in [-0.05, 0) is 62.4 Å². The van der Waals surface area contributed by atoms with Crippen molar-refractivity contribution in [3.05, 3.63) is 58.2 Å². The minimum atomic E-state index is 0.456. The second-order valence-corrected chi connectivity index (χ2v) is 8.19. The highest BCUT2D eigenvalue weighted by Crippen LogP contribution is 2.18. The summed E-state index contributed by atoms with van der Waals surface area (Å²) in [5.41, 5.74) is 2.43. The van der Waals surface area contributed by atoms with Gasteiger partial charge < -0.3 is 15.5 Å². The number of guanidine groups is 1. The number of nitrogens with zero attached hydrogens (tertiary/aromatic N) is 3. The quantitative estimate of drug-likeness (QED) is 0.403. The van der Waals surface area contributed by atoms with Crippen LogP contribution < -0.4 is 15.5 Å². The van der Waals surface area contributed by atoms with Gasteiger partial charge in [-0.1, -0.05) is 34.1 Å². The summed E-state index contributed by atoms with van der Waals surface area (Å²) in [5.74, 6) is 2.00. The average molecular weight is 444 g/mol. The Kier molecular flexibility index (Phi) is 7.71. The van der Waals surface area contributed by atoms with Crippen LogP contribution in [-0.4, -0.2) is 43.7 Å². The van der Waals surface area contributed by atoms with Crippen LogP contribution in [0.5, 0.6) is 0 Å². The maximum absolute atomic E-state index is 4.65. The molecule has 1 saturated heterocycles. The standard InChI is InChI=1S/C22H30BrN5/c1-17-6-3-10-21(26-17)28-14-11-20(12-15-28)27-22(24-2)25-13-5-8-18-7-4-9-19(23)16-18/h3-4,6-7,9-10,16,20H,5,8,11-15H2,1-2H3,(H2,24,25,27). The Bertz CT molecular complexity index is 784. The number of nitrogens with one attached hydrogen (secondary N) is 2. The van der Waals surface area contributed by atoms with Crippen molar-refractivity contribution in [3.63, 3.8) is 0 Å². The number of hydrogen-bond acceptors (Lipinski definition) is 3. The van der Waals surface area contributed by atoms with Crippen molar-refractivity contribution in [2.45, 2.75) is 38.6 Å². The molecule has 2 N–H and O–H groups in total. The van der Waals surface area contributed by atoms with Crippen molar-refractivity contribution in [2.75, 3.05) is 31.6 Å². The summed E-state index contributed by atoms with van der Waals surface area (Å²) in [4.78, 5) is 11.4. The molecule has 1 aromatic heterocycles. The zero-order valence-corrected chi connectivity index (χ0v) is 18.4. The lowest BCUT2D eigenvalue weighted by Gasteiger charge is -2.34. The van der Waals surface area contributed by atoms with E-state index in [0.29, 0.717) is 6.04 Å². The molecule has 0 saturated carbocycles. The van der Waals surface area contributed by atoms with E-state index in [0.717, 1.165) is 67.3 Å². The molecule has 0 amide bonds. The van der Waals surface area contributed by atoms with Crippen LogP contribution >= 0.6 is 15.9 Å². The Hall–Kier alpha value is -2.08. The monoisotopic (exact) mass is 443 g/mol. The Morgan fingerprint density at radius 3 is 2.71 bits per heavy atom. The molecule has 6 heteroatoms. The maximum atomic E-state index is 4.65. The van der Waals surface area contributed by atoms with E-state index >= 15 is 0 Å². The number of aliphatic imine (C=N–C) groups is 1. The minimum Gasteiger partial charge on any atom is -0.356 e. The van der Waals surface area contributed by atoms with Crippen LogP contribution in [0.4, 0.5) is 5.82 Å². The van der Waals surface area contributed by atoms with Gasteiger partial charge in [-0.3, -0.25) is 4.99 Å². The third-order valence-corrected chi connectivity index (χ3v) is 5.57. The predicted octanol–water partition coefficient (Wildman–Crippen LogP) is 3.92. The van der Waals surface area contributed by atoms with Crippen molar-refractivity contribution in [1.82, 2.24) is 15.6 Å². The van der Waals surface area contributed by atoms with Crippen LogP contribution in [0, 0.1) is 6.92 Å². The molecular formula is C22H30BrN5. The van der Waals surface area contributed by atoms with Crippen molar-refractivity contribution < 1.29 is 0 Å². The van der Waals surface area contributed by atoms with Crippen LogP contribution in [0.15, 0.2) is 51.9 Å². The largest absolute Gasteiger partial charge is 0.356 e. The molecule has 5 nitrogen and oxygen atoms in total. The topological polar surface area (TPSA) is 52.6 Å². The molecule has 2 aromatic rings. The predicted molar refractivity (Wildman–Crippen MR) is 121 cm³/mol. The summed E-state index contributed by atoms with van der Waals surface area (Å²) in [6.45, 7) is 5.00. The summed E-state index contributed by atoms with van der Waals surface area (Å²) in [6, 6.07) is 15.2. The molecule has 0 spiro atoms. The summed E-state index contributed by atoms with van der Waals surface area (Å²) in [6.07, 6.45) is 4.32. The zero-order valence-electron chi connectivity index (χ0n) is 16.8. The van der Waals surface area contributed by atoms with Gasteiger partial charge >= 0.3 is 0 Å². The second-order valence-electron chi connectivity index (χ2n) is 7.28. The maximum Gasteiger partial charge on any atom is 0.191 e. The molecule has 0 aliphatic carbocycles. The number of rotatable bonds is 6. The fraction of sp³-hybridized carbons (Fsp3) is 0.455. The normalized spacial score (nSPS) is 15.5. The lowest BCUT2D eigenvalue weighted by molar-refractivity contribution is 0.459. The van der Waals surface area contributed by atoms with Gasteiger partial charge in [-0.25, -0.2) is 4.98 Å². The molecular weight excluding hydrogens is 414 g/mol.